The fourth-order valence-corrected chi connectivity index (χ4v) is 4.74. The van der Waals surface area contributed by atoms with E-state index in [0.717, 1.165) is 31.9 Å². The van der Waals surface area contributed by atoms with E-state index < -0.39 is 0 Å². The molecule has 0 saturated carbocycles. The second-order valence-electron chi connectivity index (χ2n) is 9.07. The number of nitrogens with zero attached hydrogens (tertiary/aromatic N) is 5. The molecule has 0 bridgehead atoms. The second kappa shape index (κ2) is 11.6. The predicted octanol–water partition coefficient (Wildman–Crippen LogP) is 3.42. The van der Waals surface area contributed by atoms with Gasteiger partial charge in [0, 0.05) is 68.2 Å². The van der Waals surface area contributed by atoms with Crippen LogP contribution in [0.3, 0.4) is 0 Å². The fourth-order valence-electron chi connectivity index (χ4n) is 4.52. The molecule has 200 valence electrons. The summed E-state index contributed by atoms with van der Waals surface area (Å²) in [5, 5.41) is 15.9. The van der Waals surface area contributed by atoms with Gasteiger partial charge in [-0.3, -0.25) is 14.5 Å². The SMILES string of the molecule is C=CC(=O)Nc1cccc(-n2ccc(=O)c3cnc(Nc4ccc(N5CCN(CCO)CC5)cc4Cl)nc32)c1. The van der Waals surface area contributed by atoms with E-state index >= 15 is 0 Å². The topological polar surface area (TPSA) is 116 Å². The van der Waals surface area contributed by atoms with Crippen molar-refractivity contribution < 1.29 is 9.90 Å². The fraction of sp³-hybridized carbons (Fsp3) is 0.214. The number of amides is 1. The van der Waals surface area contributed by atoms with E-state index in [2.05, 4.69) is 37.0 Å². The maximum atomic E-state index is 12.6. The van der Waals surface area contributed by atoms with Crippen LogP contribution in [0.5, 0.6) is 0 Å². The number of pyridine rings is 1. The zero-order valence-corrected chi connectivity index (χ0v) is 21.9. The first-order valence-corrected chi connectivity index (χ1v) is 12.9. The number of benzene rings is 2. The third-order valence-electron chi connectivity index (χ3n) is 6.57. The first-order valence-electron chi connectivity index (χ1n) is 12.5. The molecule has 2 aromatic carbocycles. The van der Waals surface area contributed by atoms with Crippen molar-refractivity contribution in [1.29, 1.82) is 0 Å². The summed E-state index contributed by atoms with van der Waals surface area (Å²) in [5.74, 6) is -0.0391. The van der Waals surface area contributed by atoms with Gasteiger partial charge in [0.05, 0.1) is 22.7 Å². The van der Waals surface area contributed by atoms with Crippen LogP contribution in [0, 0.1) is 0 Å². The zero-order chi connectivity index (χ0) is 27.4. The standard InChI is InChI=1S/C28H28ClN7O3/c1-2-26(39)31-19-4-3-5-21(16-19)36-9-8-25(38)22-18-30-28(33-27(22)36)32-24-7-6-20(17-23(24)29)35-12-10-34(11-13-35)14-15-37/h2-9,16-18,37H,1,10-15H2,(H,31,39)(H,30,32,33). The van der Waals surface area contributed by atoms with Gasteiger partial charge in [0.25, 0.3) is 0 Å². The lowest BCUT2D eigenvalue weighted by molar-refractivity contribution is -0.111. The molecule has 1 fully saturated rings. The molecule has 0 spiro atoms. The summed E-state index contributed by atoms with van der Waals surface area (Å²) in [6.07, 6.45) is 4.32. The highest BCUT2D eigenvalue weighted by atomic mass is 35.5. The molecule has 3 N–H and O–H groups in total. The van der Waals surface area contributed by atoms with E-state index in [1.807, 2.05) is 24.3 Å². The van der Waals surface area contributed by atoms with E-state index in [-0.39, 0.29) is 23.9 Å². The Morgan fingerprint density at radius 3 is 2.67 bits per heavy atom. The van der Waals surface area contributed by atoms with Gasteiger partial charge in [0.1, 0.15) is 0 Å². The quantitative estimate of drug-likeness (QED) is 0.289. The van der Waals surface area contributed by atoms with Crippen molar-refractivity contribution in [1.82, 2.24) is 19.4 Å². The van der Waals surface area contributed by atoms with Gasteiger partial charge in [-0.2, -0.15) is 4.98 Å². The minimum atomic E-state index is -0.322. The number of hydrogen-bond donors (Lipinski definition) is 3. The molecule has 4 aromatic rings. The van der Waals surface area contributed by atoms with Crippen LogP contribution in [0.2, 0.25) is 5.02 Å². The van der Waals surface area contributed by atoms with Crippen LogP contribution in [0.4, 0.5) is 23.0 Å². The Hall–Kier alpha value is -4.25. The number of aromatic nitrogens is 3. The van der Waals surface area contributed by atoms with Gasteiger partial charge in [0.2, 0.25) is 11.9 Å². The summed E-state index contributed by atoms with van der Waals surface area (Å²) in [5.41, 5.74) is 3.14. The number of rotatable bonds is 8. The Morgan fingerprint density at radius 1 is 1.10 bits per heavy atom. The molecule has 0 aliphatic carbocycles. The highest BCUT2D eigenvalue weighted by Gasteiger charge is 2.18. The van der Waals surface area contributed by atoms with Crippen LogP contribution < -0.4 is 21.0 Å². The molecule has 1 saturated heterocycles. The maximum Gasteiger partial charge on any atom is 0.247 e. The van der Waals surface area contributed by atoms with Crippen molar-refractivity contribution in [2.45, 2.75) is 0 Å². The molecule has 10 nitrogen and oxygen atoms in total. The molecular weight excluding hydrogens is 518 g/mol. The Labute approximate surface area is 230 Å². The average Bonchev–Trinajstić information content (AvgIpc) is 2.95. The summed E-state index contributed by atoms with van der Waals surface area (Å²) in [6, 6.07) is 14.4. The van der Waals surface area contributed by atoms with E-state index in [1.165, 1.54) is 18.3 Å². The lowest BCUT2D eigenvalue weighted by atomic mass is 10.2. The maximum absolute atomic E-state index is 12.6. The molecular formula is C28H28ClN7O3. The third kappa shape index (κ3) is 5.93. The lowest BCUT2D eigenvalue weighted by Gasteiger charge is -2.36. The summed E-state index contributed by atoms with van der Waals surface area (Å²) in [6.45, 7) is 7.81. The zero-order valence-electron chi connectivity index (χ0n) is 21.2. The molecule has 5 rings (SSSR count). The van der Waals surface area contributed by atoms with E-state index in [9.17, 15) is 9.59 Å². The van der Waals surface area contributed by atoms with E-state index in [4.69, 9.17) is 16.7 Å². The number of aliphatic hydroxyl groups is 1. The third-order valence-corrected chi connectivity index (χ3v) is 6.88. The first-order chi connectivity index (χ1) is 18.9. The molecule has 1 amide bonds. The largest absolute Gasteiger partial charge is 0.395 e. The number of anilines is 4. The van der Waals surface area contributed by atoms with E-state index in [0.29, 0.717) is 39.7 Å². The van der Waals surface area contributed by atoms with Crippen LogP contribution in [0.1, 0.15) is 0 Å². The molecule has 1 aliphatic rings. The van der Waals surface area contributed by atoms with Crippen molar-refractivity contribution in [3.05, 3.63) is 88.8 Å². The van der Waals surface area contributed by atoms with Crippen LogP contribution in [-0.4, -0.2) is 69.8 Å². The number of fused-ring (bicyclic) bond motifs is 1. The first kappa shape index (κ1) is 26.4. The Morgan fingerprint density at radius 2 is 1.92 bits per heavy atom. The lowest BCUT2D eigenvalue weighted by Crippen LogP contribution is -2.47. The van der Waals surface area contributed by atoms with E-state index in [1.54, 1.807) is 29.0 Å². The van der Waals surface area contributed by atoms with Crippen LogP contribution in [-0.2, 0) is 4.79 Å². The number of halogens is 1. The Kier molecular flexibility index (Phi) is 7.87. The van der Waals surface area contributed by atoms with Gasteiger partial charge in [-0.05, 0) is 42.5 Å². The molecule has 0 atom stereocenters. The van der Waals surface area contributed by atoms with Gasteiger partial charge < -0.3 is 25.2 Å². The second-order valence-corrected chi connectivity index (χ2v) is 9.47. The van der Waals surface area contributed by atoms with Crippen molar-refractivity contribution in [3.8, 4) is 5.69 Å². The van der Waals surface area contributed by atoms with Gasteiger partial charge >= 0.3 is 0 Å². The number of hydrogen-bond acceptors (Lipinski definition) is 8. The Bertz CT molecular complexity index is 1580. The normalized spacial score (nSPS) is 13.8. The summed E-state index contributed by atoms with van der Waals surface area (Å²) in [4.78, 5) is 37.8. The van der Waals surface area contributed by atoms with Gasteiger partial charge in [-0.15, -0.1) is 0 Å². The van der Waals surface area contributed by atoms with Crippen LogP contribution in [0.25, 0.3) is 16.7 Å². The molecule has 0 unspecified atom stereocenters. The summed E-state index contributed by atoms with van der Waals surface area (Å²) >= 11 is 6.63. The number of nitrogens with one attached hydrogen (secondary N) is 2. The van der Waals surface area contributed by atoms with Gasteiger partial charge in [-0.25, -0.2) is 4.98 Å². The van der Waals surface area contributed by atoms with Crippen molar-refractivity contribution >= 4 is 51.6 Å². The van der Waals surface area contributed by atoms with Gasteiger partial charge in [-0.1, -0.05) is 24.2 Å². The predicted molar refractivity (Wildman–Crippen MR) is 154 cm³/mol. The average molecular weight is 546 g/mol. The molecule has 0 radical (unpaired) electrons. The molecule has 11 heteroatoms. The minimum absolute atomic E-state index is 0.166. The summed E-state index contributed by atoms with van der Waals surface area (Å²) < 4.78 is 1.76. The molecule has 2 aromatic heterocycles. The number of piperazine rings is 1. The minimum Gasteiger partial charge on any atom is -0.395 e. The highest BCUT2D eigenvalue weighted by Crippen LogP contribution is 2.30. The number of β-amino-alcohol motifs (C(OH)–C–C–N with tert-alkyl or cyclic N) is 1. The summed E-state index contributed by atoms with van der Waals surface area (Å²) in [7, 11) is 0. The smallest absolute Gasteiger partial charge is 0.247 e. The van der Waals surface area contributed by atoms with Crippen LogP contribution in [0.15, 0.2) is 78.4 Å². The van der Waals surface area contributed by atoms with Crippen molar-refractivity contribution in [3.63, 3.8) is 0 Å². The highest BCUT2D eigenvalue weighted by molar-refractivity contribution is 6.33. The van der Waals surface area contributed by atoms with Crippen LogP contribution >= 0.6 is 11.6 Å². The number of carbonyl (C=O) groups excluding carboxylic acids is 1. The van der Waals surface area contributed by atoms with Crippen molar-refractivity contribution in [2.75, 3.05) is 54.9 Å². The Balaban J connectivity index is 1.41. The monoisotopic (exact) mass is 545 g/mol. The molecule has 1 aliphatic heterocycles. The number of aliphatic hydroxyl groups excluding tert-OH is 1. The molecule has 3 heterocycles. The van der Waals surface area contributed by atoms with Gasteiger partial charge in [0.15, 0.2) is 11.1 Å². The van der Waals surface area contributed by atoms with Crippen molar-refractivity contribution in [2.24, 2.45) is 0 Å². The molecule has 39 heavy (non-hydrogen) atoms. The number of carbonyl (C=O) groups is 1.